The van der Waals surface area contributed by atoms with E-state index in [1.54, 1.807) is 0 Å². The van der Waals surface area contributed by atoms with Gasteiger partial charge in [0.15, 0.2) is 0 Å². The van der Waals surface area contributed by atoms with Gasteiger partial charge in [-0.05, 0) is 25.0 Å². The normalized spacial score (nSPS) is 11.8. The van der Waals surface area contributed by atoms with E-state index in [2.05, 4.69) is 0 Å². The molecule has 1 aromatic rings. The second kappa shape index (κ2) is 6.24. The molecule has 112 valence electrons. The molecular formula is C14H17F4NO. The maximum absolute atomic E-state index is 13.9. The van der Waals surface area contributed by atoms with Crippen molar-refractivity contribution in [2.24, 2.45) is 0 Å². The first-order valence-corrected chi connectivity index (χ1v) is 6.36. The summed E-state index contributed by atoms with van der Waals surface area (Å²) in [5.41, 5.74) is -1.96. The summed E-state index contributed by atoms with van der Waals surface area (Å²) in [5, 5.41) is 0. The summed E-state index contributed by atoms with van der Waals surface area (Å²) in [4.78, 5) is 13.4. The standard InChI is InChI=1S/C14H17F4NO/c1-4-9(5-2)19(3)13(20)10-7-6-8-11(12(10)15)14(16,17)18/h6-9H,4-5H2,1-3H3. The predicted molar refractivity (Wildman–Crippen MR) is 67.9 cm³/mol. The van der Waals surface area contributed by atoms with Gasteiger partial charge in [0.25, 0.3) is 5.91 Å². The molecule has 0 fully saturated rings. The predicted octanol–water partition coefficient (Wildman–Crippen LogP) is 4.11. The Kier molecular flexibility index (Phi) is 5.14. The smallest absolute Gasteiger partial charge is 0.339 e. The average molecular weight is 291 g/mol. The largest absolute Gasteiger partial charge is 0.419 e. The minimum absolute atomic E-state index is 0.128. The number of nitrogens with zero attached hydrogens (tertiary/aromatic N) is 1. The highest BCUT2D eigenvalue weighted by Crippen LogP contribution is 2.32. The van der Waals surface area contributed by atoms with Crippen LogP contribution in [-0.4, -0.2) is 23.9 Å². The Morgan fingerprint density at radius 1 is 1.25 bits per heavy atom. The second-order valence-electron chi connectivity index (χ2n) is 4.55. The Morgan fingerprint density at radius 2 is 1.80 bits per heavy atom. The molecule has 0 N–H and O–H groups in total. The summed E-state index contributed by atoms with van der Waals surface area (Å²) in [6, 6.07) is 2.62. The first-order valence-electron chi connectivity index (χ1n) is 6.36. The summed E-state index contributed by atoms with van der Waals surface area (Å²) < 4.78 is 51.7. The van der Waals surface area contributed by atoms with E-state index in [1.807, 2.05) is 13.8 Å². The van der Waals surface area contributed by atoms with Crippen LogP contribution in [0.3, 0.4) is 0 Å². The summed E-state index contributed by atoms with van der Waals surface area (Å²) in [6.45, 7) is 3.72. The molecule has 0 aromatic heterocycles. The molecule has 1 aromatic carbocycles. The van der Waals surface area contributed by atoms with Crippen molar-refractivity contribution < 1.29 is 22.4 Å². The van der Waals surface area contributed by atoms with Crippen molar-refractivity contribution in [2.75, 3.05) is 7.05 Å². The van der Waals surface area contributed by atoms with Crippen molar-refractivity contribution in [1.29, 1.82) is 0 Å². The van der Waals surface area contributed by atoms with E-state index in [0.29, 0.717) is 18.9 Å². The van der Waals surface area contributed by atoms with Crippen molar-refractivity contribution in [3.05, 3.63) is 35.1 Å². The Hall–Kier alpha value is -1.59. The van der Waals surface area contributed by atoms with Gasteiger partial charge in [0.1, 0.15) is 5.82 Å². The molecule has 1 amide bonds. The first kappa shape index (κ1) is 16.5. The Morgan fingerprint density at radius 3 is 2.25 bits per heavy atom. The SMILES string of the molecule is CCC(CC)N(C)C(=O)c1cccc(C(F)(F)F)c1F. The van der Waals surface area contributed by atoms with Gasteiger partial charge >= 0.3 is 6.18 Å². The van der Waals surface area contributed by atoms with Gasteiger partial charge in [0.2, 0.25) is 0 Å². The number of carbonyl (C=O) groups excluding carboxylic acids is 1. The third-order valence-corrected chi connectivity index (χ3v) is 3.35. The fourth-order valence-corrected chi connectivity index (χ4v) is 2.11. The Labute approximate surface area is 115 Å². The fourth-order valence-electron chi connectivity index (χ4n) is 2.11. The molecule has 0 saturated carbocycles. The number of benzene rings is 1. The van der Waals surface area contributed by atoms with Crippen LogP contribution in [0, 0.1) is 5.82 Å². The lowest BCUT2D eigenvalue weighted by molar-refractivity contribution is -0.140. The summed E-state index contributed by atoms with van der Waals surface area (Å²) in [7, 11) is 1.47. The molecule has 0 heterocycles. The van der Waals surface area contributed by atoms with Crippen LogP contribution in [0.2, 0.25) is 0 Å². The van der Waals surface area contributed by atoms with E-state index in [1.165, 1.54) is 11.9 Å². The highest BCUT2D eigenvalue weighted by molar-refractivity contribution is 5.94. The number of hydrogen-bond donors (Lipinski definition) is 0. The molecular weight excluding hydrogens is 274 g/mol. The zero-order valence-electron chi connectivity index (χ0n) is 11.6. The van der Waals surface area contributed by atoms with Gasteiger partial charge in [-0.25, -0.2) is 4.39 Å². The lowest BCUT2D eigenvalue weighted by atomic mass is 10.1. The summed E-state index contributed by atoms with van der Waals surface area (Å²) >= 11 is 0. The van der Waals surface area contributed by atoms with Crippen molar-refractivity contribution in [2.45, 2.75) is 38.9 Å². The summed E-state index contributed by atoms with van der Waals surface area (Å²) in [6.07, 6.45) is -3.51. The summed E-state index contributed by atoms with van der Waals surface area (Å²) in [5.74, 6) is -2.25. The fraction of sp³-hybridized carbons (Fsp3) is 0.500. The molecule has 6 heteroatoms. The molecule has 2 nitrogen and oxygen atoms in total. The molecule has 0 aliphatic heterocycles. The van der Waals surface area contributed by atoms with E-state index in [9.17, 15) is 22.4 Å². The molecule has 0 spiro atoms. The second-order valence-corrected chi connectivity index (χ2v) is 4.55. The zero-order valence-corrected chi connectivity index (χ0v) is 11.6. The maximum Gasteiger partial charge on any atom is 0.419 e. The van der Waals surface area contributed by atoms with Crippen LogP contribution in [0.25, 0.3) is 0 Å². The minimum atomic E-state index is -4.81. The molecule has 0 atom stereocenters. The lowest BCUT2D eigenvalue weighted by Gasteiger charge is -2.26. The Bertz CT molecular complexity index is 481. The molecule has 1 rings (SSSR count). The molecule has 0 bridgehead atoms. The first-order chi connectivity index (χ1) is 9.23. The van der Waals surface area contributed by atoms with Crippen LogP contribution in [-0.2, 0) is 6.18 Å². The number of alkyl halides is 3. The number of amides is 1. The lowest BCUT2D eigenvalue weighted by Crippen LogP contribution is -2.37. The van der Waals surface area contributed by atoms with Gasteiger partial charge in [-0.3, -0.25) is 4.79 Å². The van der Waals surface area contributed by atoms with Gasteiger partial charge in [0, 0.05) is 13.1 Å². The number of rotatable bonds is 4. The van der Waals surface area contributed by atoms with Crippen LogP contribution in [0.5, 0.6) is 0 Å². The molecule has 0 aliphatic rings. The van der Waals surface area contributed by atoms with Crippen molar-refractivity contribution in [3.63, 3.8) is 0 Å². The van der Waals surface area contributed by atoms with Crippen molar-refractivity contribution in [3.8, 4) is 0 Å². The van der Waals surface area contributed by atoms with Gasteiger partial charge in [0.05, 0.1) is 11.1 Å². The quantitative estimate of drug-likeness (QED) is 0.765. The van der Waals surface area contributed by atoms with Crippen LogP contribution < -0.4 is 0 Å². The monoisotopic (exact) mass is 291 g/mol. The minimum Gasteiger partial charge on any atom is -0.339 e. The number of hydrogen-bond acceptors (Lipinski definition) is 1. The zero-order chi connectivity index (χ0) is 15.5. The van der Waals surface area contributed by atoms with E-state index < -0.39 is 29.0 Å². The number of carbonyl (C=O) groups is 1. The van der Waals surface area contributed by atoms with Gasteiger partial charge in [-0.15, -0.1) is 0 Å². The van der Waals surface area contributed by atoms with Crippen LogP contribution in [0.1, 0.15) is 42.6 Å². The molecule has 0 unspecified atom stereocenters. The average Bonchev–Trinajstić information content (AvgIpc) is 2.38. The van der Waals surface area contributed by atoms with Crippen LogP contribution in [0.15, 0.2) is 18.2 Å². The molecule has 0 radical (unpaired) electrons. The Balaban J connectivity index is 3.18. The van der Waals surface area contributed by atoms with Crippen molar-refractivity contribution in [1.82, 2.24) is 4.90 Å². The third-order valence-electron chi connectivity index (χ3n) is 3.35. The highest BCUT2D eigenvalue weighted by atomic mass is 19.4. The van der Waals surface area contributed by atoms with E-state index in [-0.39, 0.29) is 6.04 Å². The van der Waals surface area contributed by atoms with E-state index >= 15 is 0 Å². The third kappa shape index (κ3) is 3.29. The molecule has 0 saturated heterocycles. The van der Waals surface area contributed by atoms with Crippen LogP contribution >= 0.6 is 0 Å². The topological polar surface area (TPSA) is 20.3 Å². The van der Waals surface area contributed by atoms with Gasteiger partial charge < -0.3 is 4.90 Å². The van der Waals surface area contributed by atoms with Gasteiger partial charge in [-0.2, -0.15) is 13.2 Å². The van der Waals surface area contributed by atoms with Gasteiger partial charge in [-0.1, -0.05) is 19.9 Å². The van der Waals surface area contributed by atoms with Crippen molar-refractivity contribution >= 4 is 5.91 Å². The van der Waals surface area contributed by atoms with E-state index in [0.717, 1.165) is 12.1 Å². The number of halogens is 4. The van der Waals surface area contributed by atoms with E-state index in [4.69, 9.17) is 0 Å². The molecule has 0 aliphatic carbocycles. The highest BCUT2D eigenvalue weighted by Gasteiger charge is 2.36. The van der Waals surface area contributed by atoms with Crippen LogP contribution in [0.4, 0.5) is 17.6 Å². The molecule has 20 heavy (non-hydrogen) atoms. The maximum atomic E-state index is 13.9.